The van der Waals surface area contributed by atoms with E-state index in [4.69, 9.17) is 5.11 Å². The Hall–Kier alpha value is -1.21. The van der Waals surface area contributed by atoms with Crippen LogP contribution in [0.25, 0.3) is 0 Å². The van der Waals surface area contributed by atoms with Crippen molar-refractivity contribution >= 4 is 39.6 Å². The Morgan fingerprint density at radius 3 is 2.68 bits per heavy atom. The number of carboxylic acids is 1. The molecule has 1 aromatic carbocycles. The summed E-state index contributed by atoms with van der Waals surface area (Å²) in [4.78, 5) is 22.9. The molecule has 0 unspecified atom stereocenters. The zero-order chi connectivity index (χ0) is 14.4. The first-order chi connectivity index (χ1) is 8.95. The highest BCUT2D eigenvalue weighted by atomic mass is 79.9. The van der Waals surface area contributed by atoms with E-state index in [-0.39, 0.29) is 11.3 Å². The highest BCUT2D eigenvalue weighted by molar-refractivity contribution is 9.10. The van der Waals surface area contributed by atoms with Crippen LogP contribution >= 0.6 is 27.7 Å². The number of carboxylic acid groups (broad SMARTS) is 1. The molecule has 0 aliphatic heterocycles. The molecule has 0 fully saturated rings. The smallest absolute Gasteiger partial charge is 0.326 e. The van der Waals surface area contributed by atoms with E-state index in [0.29, 0.717) is 16.6 Å². The van der Waals surface area contributed by atoms with Crippen LogP contribution in [0.1, 0.15) is 16.8 Å². The summed E-state index contributed by atoms with van der Waals surface area (Å²) in [5.41, 5.74) is 0.0543. The lowest BCUT2D eigenvalue weighted by Gasteiger charge is -2.14. The molecule has 0 saturated heterocycles. The van der Waals surface area contributed by atoms with Gasteiger partial charge in [0.05, 0.1) is 5.56 Å². The van der Waals surface area contributed by atoms with E-state index in [1.54, 1.807) is 6.07 Å². The van der Waals surface area contributed by atoms with E-state index in [9.17, 15) is 14.7 Å². The molecule has 1 rings (SSSR count). The van der Waals surface area contributed by atoms with E-state index in [0.717, 1.165) is 0 Å². The van der Waals surface area contributed by atoms with Crippen molar-refractivity contribution in [2.45, 2.75) is 12.5 Å². The van der Waals surface area contributed by atoms with Gasteiger partial charge < -0.3 is 15.5 Å². The first-order valence-electron chi connectivity index (χ1n) is 5.46. The van der Waals surface area contributed by atoms with Gasteiger partial charge in [-0.2, -0.15) is 11.8 Å². The van der Waals surface area contributed by atoms with Crippen LogP contribution in [0.5, 0.6) is 5.75 Å². The normalized spacial score (nSPS) is 11.9. The van der Waals surface area contributed by atoms with E-state index in [1.165, 1.54) is 23.9 Å². The van der Waals surface area contributed by atoms with Gasteiger partial charge in [-0.25, -0.2) is 4.79 Å². The molecule has 1 aromatic rings. The monoisotopic (exact) mass is 347 g/mol. The summed E-state index contributed by atoms with van der Waals surface area (Å²) in [6, 6.07) is 3.46. The number of aliphatic carboxylic acids is 1. The van der Waals surface area contributed by atoms with Crippen LogP contribution in [0.15, 0.2) is 22.7 Å². The fourth-order valence-electron chi connectivity index (χ4n) is 1.43. The van der Waals surface area contributed by atoms with Gasteiger partial charge in [-0.1, -0.05) is 15.9 Å². The Morgan fingerprint density at radius 1 is 1.47 bits per heavy atom. The highest BCUT2D eigenvalue weighted by Gasteiger charge is 2.21. The number of aromatic hydroxyl groups is 1. The second-order valence-electron chi connectivity index (χ2n) is 3.81. The lowest BCUT2D eigenvalue weighted by Crippen LogP contribution is -2.41. The van der Waals surface area contributed by atoms with Gasteiger partial charge in [0.25, 0.3) is 5.91 Å². The second-order valence-corrected chi connectivity index (χ2v) is 5.71. The molecule has 19 heavy (non-hydrogen) atoms. The maximum Gasteiger partial charge on any atom is 0.326 e. The third-order valence-corrected chi connectivity index (χ3v) is 3.56. The Morgan fingerprint density at radius 2 is 2.16 bits per heavy atom. The van der Waals surface area contributed by atoms with Crippen LogP contribution in [0, 0.1) is 0 Å². The summed E-state index contributed by atoms with van der Waals surface area (Å²) >= 11 is 4.67. The number of hydrogen-bond acceptors (Lipinski definition) is 4. The average Bonchev–Trinajstić information content (AvgIpc) is 2.33. The minimum atomic E-state index is -1.08. The number of benzene rings is 1. The van der Waals surface area contributed by atoms with E-state index >= 15 is 0 Å². The molecule has 0 aliphatic carbocycles. The third kappa shape index (κ3) is 4.76. The Kier molecular flexibility index (Phi) is 6.17. The number of rotatable bonds is 6. The van der Waals surface area contributed by atoms with Crippen LogP contribution in [-0.4, -0.2) is 40.1 Å². The molecule has 104 valence electrons. The number of amides is 1. The summed E-state index contributed by atoms with van der Waals surface area (Å²) in [5, 5.41) is 21.1. The molecular weight excluding hydrogens is 334 g/mol. The summed E-state index contributed by atoms with van der Waals surface area (Å²) < 4.78 is 0.638. The van der Waals surface area contributed by atoms with Gasteiger partial charge in [0.2, 0.25) is 0 Å². The standard InChI is InChI=1S/C12H14BrNO4S/c1-19-5-4-9(12(17)18)14-11(16)8-3-2-7(13)6-10(8)15/h2-3,6,9,15H,4-5H2,1H3,(H,14,16)(H,17,18)/t9-/m0/s1. The highest BCUT2D eigenvalue weighted by Crippen LogP contribution is 2.22. The van der Waals surface area contributed by atoms with E-state index in [2.05, 4.69) is 21.2 Å². The molecule has 0 heterocycles. The fourth-order valence-corrected chi connectivity index (χ4v) is 2.25. The summed E-state index contributed by atoms with van der Waals surface area (Å²) in [5.74, 6) is -1.25. The summed E-state index contributed by atoms with van der Waals surface area (Å²) in [7, 11) is 0. The van der Waals surface area contributed by atoms with Gasteiger partial charge in [0.15, 0.2) is 0 Å². The molecular formula is C12H14BrNO4S. The van der Waals surface area contributed by atoms with Crippen molar-refractivity contribution in [2.75, 3.05) is 12.0 Å². The number of halogens is 1. The largest absolute Gasteiger partial charge is 0.507 e. The number of phenolic OH excluding ortho intramolecular Hbond substituents is 1. The average molecular weight is 348 g/mol. The number of hydrogen-bond donors (Lipinski definition) is 3. The zero-order valence-electron chi connectivity index (χ0n) is 10.2. The molecule has 5 nitrogen and oxygen atoms in total. The number of nitrogens with one attached hydrogen (secondary N) is 1. The van der Waals surface area contributed by atoms with Crippen molar-refractivity contribution in [1.82, 2.24) is 5.32 Å². The first-order valence-corrected chi connectivity index (χ1v) is 7.65. The summed E-state index contributed by atoms with van der Waals surface area (Å²) in [6.07, 6.45) is 2.20. The molecule has 0 aromatic heterocycles. The van der Waals surface area contributed by atoms with E-state index in [1.807, 2.05) is 6.26 Å². The lowest BCUT2D eigenvalue weighted by atomic mass is 10.1. The predicted octanol–water partition coefficient (Wildman–Crippen LogP) is 2.09. The Bertz CT molecular complexity index is 481. The minimum absolute atomic E-state index is 0.0543. The van der Waals surface area contributed by atoms with Crippen LogP contribution in [0.3, 0.4) is 0 Å². The molecule has 0 aliphatic rings. The van der Waals surface area contributed by atoms with Crippen LogP contribution in [0.4, 0.5) is 0 Å². The van der Waals surface area contributed by atoms with E-state index < -0.39 is 17.9 Å². The molecule has 0 radical (unpaired) electrons. The first kappa shape index (κ1) is 15.8. The van der Waals surface area contributed by atoms with Crippen LogP contribution < -0.4 is 5.32 Å². The molecule has 0 spiro atoms. The van der Waals surface area contributed by atoms with Crippen LogP contribution in [0.2, 0.25) is 0 Å². The number of carbonyl (C=O) groups is 2. The number of carbonyl (C=O) groups excluding carboxylic acids is 1. The predicted molar refractivity (Wildman–Crippen MR) is 77.7 cm³/mol. The molecule has 0 saturated carbocycles. The maximum atomic E-state index is 11.9. The van der Waals surface area contributed by atoms with Crippen molar-refractivity contribution in [3.63, 3.8) is 0 Å². The van der Waals surface area contributed by atoms with Crippen molar-refractivity contribution in [3.8, 4) is 5.75 Å². The van der Waals surface area contributed by atoms with Gasteiger partial charge in [0, 0.05) is 4.47 Å². The number of phenols is 1. The third-order valence-electron chi connectivity index (χ3n) is 2.42. The lowest BCUT2D eigenvalue weighted by molar-refractivity contribution is -0.139. The maximum absolute atomic E-state index is 11.9. The van der Waals surface area contributed by atoms with Crippen molar-refractivity contribution < 1.29 is 19.8 Å². The van der Waals surface area contributed by atoms with Gasteiger partial charge in [-0.3, -0.25) is 4.79 Å². The van der Waals surface area contributed by atoms with Crippen molar-refractivity contribution in [2.24, 2.45) is 0 Å². The summed E-state index contributed by atoms with van der Waals surface area (Å²) in [6.45, 7) is 0. The molecule has 7 heteroatoms. The van der Waals surface area contributed by atoms with Crippen molar-refractivity contribution in [3.05, 3.63) is 28.2 Å². The quantitative estimate of drug-likeness (QED) is 0.733. The fraction of sp³-hybridized carbons (Fsp3) is 0.333. The minimum Gasteiger partial charge on any atom is -0.507 e. The van der Waals surface area contributed by atoms with Gasteiger partial charge in [-0.05, 0) is 36.6 Å². The van der Waals surface area contributed by atoms with Crippen molar-refractivity contribution in [1.29, 1.82) is 0 Å². The molecule has 3 N–H and O–H groups in total. The van der Waals surface area contributed by atoms with Gasteiger partial charge >= 0.3 is 5.97 Å². The zero-order valence-corrected chi connectivity index (χ0v) is 12.6. The van der Waals surface area contributed by atoms with Gasteiger partial charge in [0.1, 0.15) is 11.8 Å². The Balaban J connectivity index is 2.78. The molecule has 1 atom stereocenters. The van der Waals surface area contributed by atoms with Gasteiger partial charge in [-0.15, -0.1) is 0 Å². The molecule has 0 bridgehead atoms. The Labute approximate surface area is 123 Å². The topological polar surface area (TPSA) is 86.6 Å². The SMILES string of the molecule is CSCC[C@H](NC(=O)c1ccc(Br)cc1O)C(=O)O. The second kappa shape index (κ2) is 7.40. The molecule has 1 amide bonds. The number of thioether (sulfide) groups is 1. The van der Waals surface area contributed by atoms with Crippen LogP contribution in [-0.2, 0) is 4.79 Å².